The fourth-order valence-corrected chi connectivity index (χ4v) is 1.76. The molecule has 0 unspecified atom stereocenters. The summed E-state index contributed by atoms with van der Waals surface area (Å²) in [7, 11) is 0. The summed E-state index contributed by atoms with van der Waals surface area (Å²) in [6.45, 7) is 4.45. The van der Waals surface area contributed by atoms with Gasteiger partial charge in [0.25, 0.3) is 0 Å². The normalized spacial score (nSPS) is 29.1. The quantitative estimate of drug-likeness (QED) is 0.674. The first kappa shape index (κ1) is 7.74. The number of hydrogen-bond donors (Lipinski definition) is 1. The van der Waals surface area contributed by atoms with Crippen LogP contribution in [0.4, 0.5) is 0 Å². The summed E-state index contributed by atoms with van der Waals surface area (Å²) in [5.74, 6) is 0. The van der Waals surface area contributed by atoms with Gasteiger partial charge < -0.3 is 5.32 Å². The summed E-state index contributed by atoms with van der Waals surface area (Å²) in [4.78, 5) is 4.39. The van der Waals surface area contributed by atoms with Crippen LogP contribution < -0.4 is 5.32 Å². The minimum atomic E-state index is 0.265. The number of pyridine rings is 1. The van der Waals surface area contributed by atoms with Gasteiger partial charge in [0.05, 0.1) is 0 Å². The molecule has 1 fully saturated rings. The highest BCUT2D eigenvalue weighted by molar-refractivity contribution is 5.18. The molecule has 64 valence electrons. The maximum atomic E-state index is 4.39. The highest BCUT2D eigenvalue weighted by Gasteiger charge is 2.31. The summed E-state index contributed by atoms with van der Waals surface area (Å²) >= 11 is 0. The van der Waals surface area contributed by atoms with E-state index in [0.29, 0.717) is 0 Å². The Morgan fingerprint density at radius 2 is 2.42 bits per heavy atom. The Labute approximate surface area is 73.0 Å². The number of nitrogens with zero attached hydrogens (tertiary/aromatic N) is 1. The van der Waals surface area contributed by atoms with Crippen LogP contribution >= 0.6 is 0 Å². The van der Waals surface area contributed by atoms with Crippen LogP contribution in [0.3, 0.4) is 0 Å². The zero-order valence-corrected chi connectivity index (χ0v) is 7.38. The fourth-order valence-electron chi connectivity index (χ4n) is 1.76. The molecule has 0 aromatic carbocycles. The van der Waals surface area contributed by atoms with E-state index in [0.717, 1.165) is 13.1 Å². The second-order valence-electron chi connectivity index (χ2n) is 3.70. The molecule has 0 bridgehead atoms. The molecule has 0 aliphatic carbocycles. The molecule has 0 radical (unpaired) electrons. The Hall–Kier alpha value is -0.890. The van der Waals surface area contributed by atoms with Crippen LogP contribution in [0, 0.1) is 0 Å². The van der Waals surface area contributed by atoms with Crippen molar-refractivity contribution >= 4 is 0 Å². The number of rotatable bonds is 1. The van der Waals surface area contributed by atoms with Crippen LogP contribution in [0.5, 0.6) is 0 Å². The third-order valence-corrected chi connectivity index (χ3v) is 2.65. The topological polar surface area (TPSA) is 24.9 Å². The maximum Gasteiger partial charge on any atom is 0.0475 e. The zero-order valence-electron chi connectivity index (χ0n) is 7.38. The molecule has 1 aliphatic heterocycles. The van der Waals surface area contributed by atoms with Gasteiger partial charge in [-0.3, -0.25) is 4.98 Å². The van der Waals surface area contributed by atoms with Gasteiger partial charge in [-0.15, -0.1) is 0 Å². The van der Waals surface area contributed by atoms with Crippen LogP contribution in [0.25, 0.3) is 0 Å². The average molecular weight is 162 g/mol. The lowest BCUT2D eigenvalue weighted by Crippen LogP contribution is -2.25. The number of hydrogen-bond acceptors (Lipinski definition) is 2. The molecule has 2 heteroatoms. The van der Waals surface area contributed by atoms with E-state index >= 15 is 0 Å². The van der Waals surface area contributed by atoms with Crippen molar-refractivity contribution in [3.8, 4) is 0 Å². The predicted octanol–water partition coefficient (Wildman–Crippen LogP) is 1.33. The van der Waals surface area contributed by atoms with Gasteiger partial charge in [0.2, 0.25) is 0 Å². The first-order valence-corrected chi connectivity index (χ1v) is 4.43. The van der Waals surface area contributed by atoms with Crippen molar-refractivity contribution < 1.29 is 0 Å². The molecule has 1 aromatic rings. The maximum absolute atomic E-state index is 4.39. The highest BCUT2D eigenvalue weighted by atomic mass is 14.9. The first-order valence-electron chi connectivity index (χ1n) is 4.43. The van der Waals surface area contributed by atoms with E-state index in [4.69, 9.17) is 0 Å². The van der Waals surface area contributed by atoms with Crippen molar-refractivity contribution in [2.45, 2.75) is 18.8 Å². The average Bonchev–Trinajstić information content (AvgIpc) is 2.55. The molecule has 1 saturated heterocycles. The van der Waals surface area contributed by atoms with Crippen molar-refractivity contribution in [2.75, 3.05) is 13.1 Å². The molecule has 1 aliphatic rings. The van der Waals surface area contributed by atoms with E-state index in [1.54, 1.807) is 0 Å². The third-order valence-electron chi connectivity index (χ3n) is 2.65. The number of aromatic nitrogens is 1. The van der Waals surface area contributed by atoms with E-state index in [1.165, 1.54) is 12.1 Å². The predicted molar refractivity (Wildman–Crippen MR) is 49.1 cm³/mol. The van der Waals surface area contributed by atoms with Gasteiger partial charge in [-0.05, 0) is 25.1 Å². The lowest BCUT2D eigenvalue weighted by Gasteiger charge is -2.21. The SMILES string of the molecule is C[C@@]1(c2ccccn2)CCNC1. The molecule has 1 aromatic heterocycles. The summed E-state index contributed by atoms with van der Waals surface area (Å²) in [6, 6.07) is 6.15. The van der Waals surface area contributed by atoms with Gasteiger partial charge in [-0.25, -0.2) is 0 Å². The van der Waals surface area contributed by atoms with Crippen LogP contribution in [-0.2, 0) is 5.41 Å². The number of nitrogens with one attached hydrogen (secondary N) is 1. The molecule has 2 nitrogen and oxygen atoms in total. The third kappa shape index (κ3) is 1.23. The van der Waals surface area contributed by atoms with Crippen LogP contribution in [0.1, 0.15) is 19.0 Å². The fraction of sp³-hybridized carbons (Fsp3) is 0.500. The minimum absolute atomic E-state index is 0.265. The highest BCUT2D eigenvalue weighted by Crippen LogP contribution is 2.27. The Morgan fingerprint density at radius 3 is 3.00 bits per heavy atom. The Bertz CT molecular complexity index is 250. The zero-order chi connectivity index (χ0) is 8.44. The molecular formula is C10H14N2. The monoisotopic (exact) mass is 162 g/mol. The second-order valence-corrected chi connectivity index (χ2v) is 3.70. The molecule has 0 spiro atoms. The Morgan fingerprint density at radius 1 is 1.50 bits per heavy atom. The van der Waals surface area contributed by atoms with Gasteiger partial charge in [-0.1, -0.05) is 13.0 Å². The van der Waals surface area contributed by atoms with Gasteiger partial charge >= 0.3 is 0 Å². The molecule has 12 heavy (non-hydrogen) atoms. The van der Waals surface area contributed by atoms with Gasteiger partial charge in [0, 0.05) is 23.9 Å². The van der Waals surface area contributed by atoms with Crippen LogP contribution in [0.2, 0.25) is 0 Å². The summed E-state index contributed by atoms with van der Waals surface area (Å²) in [5.41, 5.74) is 1.48. The smallest absolute Gasteiger partial charge is 0.0475 e. The van der Waals surface area contributed by atoms with Gasteiger partial charge in [0.15, 0.2) is 0 Å². The Balaban J connectivity index is 2.29. The van der Waals surface area contributed by atoms with Crippen LogP contribution in [0.15, 0.2) is 24.4 Å². The summed E-state index contributed by atoms with van der Waals surface area (Å²) in [6.07, 6.45) is 3.07. The van der Waals surface area contributed by atoms with Crippen molar-refractivity contribution in [1.29, 1.82) is 0 Å². The lowest BCUT2D eigenvalue weighted by molar-refractivity contribution is 0.508. The van der Waals surface area contributed by atoms with E-state index < -0.39 is 0 Å². The molecule has 0 saturated carbocycles. The van der Waals surface area contributed by atoms with Crippen molar-refractivity contribution in [2.24, 2.45) is 0 Å². The summed E-state index contributed by atoms with van der Waals surface area (Å²) < 4.78 is 0. The largest absolute Gasteiger partial charge is 0.316 e. The molecular weight excluding hydrogens is 148 g/mol. The second kappa shape index (κ2) is 2.87. The minimum Gasteiger partial charge on any atom is -0.316 e. The van der Waals surface area contributed by atoms with Crippen molar-refractivity contribution in [3.05, 3.63) is 30.1 Å². The van der Waals surface area contributed by atoms with E-state index in [9.17, 15) is 0 Å². The van der Waals surface area contributed by atoms with Gasteiger partial charge in [-0.2, -0.15) is 0 Å². The van der Waals surface area contributed by atoms with Crippen LogP contribution in [-0.4, -0.2) is 18.1 Å². The molecule has 0 amide bonds. The van der Waals surface area contributed by atoms with Crippen molar-refractivity contribution in [1.82, 2.24) is 10.3 Å². The van der Waals surface area contributed by atoms with E-state index in [-0.39, 0.29) is 5.41 Å². The molecule has 2 heterocycles. The summed E-state index contributed by atoms with van der Waals surface area (Å²) in [5, 5.41) is 3.37. The van der Waals surface area contributed by atoms with Crippen molar-refractivity contribution in [3.63, 3.8) is 0 Å². The molecule has 1 atom stereocenters. The molecule has 1 N–H and O–H groups in total. The Kier molecular flexibility index (Phi) is 1.85. The standard InChI is InChI=1S/C10H14N2/c1-10(5-7-11-8-10)9-4-2-3-6-12-9/h2-4,6,11H,5,7-8H2,1H3/t10-/m1/s1. The molecule has 2 rings (SSSR count). The van der Waals surface area contributed by atoms with Gasteiger partial charge in [0.1, 0.15) is 0 Å². The van der Waals surface area contributed by atoms with E-state index in [2.05, 4.69) is 29.4 Å². The lowest BCUT2D eigenvalue weighted by atomic mass is 9.86. The first-order chi connectivity index (χ1) is 5.81. The van der Waals surface area contributed by atoms with E-state index in [1.807, 2.05) is 12.3 Å².